The Morgan fingerprint density at radius 1 is 1.16 bits per heavy atom. The molecule has 5 nitrogen and oxygen atoms in total. The Hall–Kier alpha value is -2.66. The van der Waals surface area contributed by atoms with Gasteiger partial charge < -0.3 is 9.64 Å². The van der Waals surface area contributed by atoms with E-state index in [2.05, 4.69) is 22.5 Å². The van der Waals surface area contributed by atoms with E-state index in [9.17, 15) is 4.79 Å². The molecule has 1 saturated heterocycles. The lowest BCUT2D eigenvalue weighted by atomic mass is 10.1. The smallest absolute Gasteiger partial charge is 0.253 e. The molecule has 1 aromatic carbocycles. The number of hydrogen-bond donors (Lipinski definition) is 0. The van der Waals surface area contributed by atoms with E-state index < -0.39 is 0 Å². The number of nitrogens with zero attached hydrogens (tertiary/aromatic N) is 3. The SMILES string of the molecule is C=CCOc1ccc(C(=O)N2CCN(Cc3cccnc3)CC2)cc1. The summed E-state index contributed by atoms with van der Waals surface area (Å²) in [6.07, 6.45) is 5.38. The van der Waals surface area contributed by atoms with E-state index in [0.29, 0.717) is 12.2 Å². The Bertz CT molecular complexity index is 693. The fraction of sp³-hybridized carbons (Fsp3) is 0.300. The highest BCUT2D eigenvalue weighted by atomic mass is 16.5. The molecular weight excluding hydrogens is 314 g/mol. The van der Waals surface area contributed by atoms with E-state index in [4.69, 9.17) is 4.74 Å². The minimum absolute atomic E-state index is 0.0799. The van der Waals surface area contributed by atoms with Gasteiger partial charge >= 0.3 is 0 Å². The van der Waals surface area contributed by atoms with E-state index in [1.165, 1.54) is 5.56 Å². The molecule has 130 valence electrons. The van der Waals surface area contributed by atoms with E-state index in [0.717, 1.165) is 38.5 Å². The van der Waals surface area contributed by atoms with Crippen molar-refractivity contribution < 1.29 is 9.53 Å². The summed E-state index contributed by atoms with van der Waals surface area (Å²) in [6, 6.07) is 11.3. The second-order valence-electron chi connectivity index (χ2n) is 6.05. The summed E-state index contributed by atoms with van der Waals surface area (Å²) in [7, 11) is 0. The zero-order valence-corrected chi connectivity index (χ0v) is 14.3. The monoisotopic (exact) mass is 337 g/mol. The lowest BCUT2D eigenvalue weighted by Crippen LogP contribution is -2.48. The Balaban J connectivity index is 1.51. The van der Waals surface area contributed by atoms with Crippen LogP contribution in [0, 0.1) is 0 Å². The predicted octanol–water partition coefficient (Wildman–Crippen LogP) is 2.60. The molecular formula is C20H23N3O2. The molecule has 0 saturated carbocycles. The van der Waals surface area contributed by atoms with Crippen molar-refractivity contribution in [2.24, 2.45) is 0 Å². The van der Waals surface area contributed by atoms with Crippen LogP contribution in [-0.2, 0) is 6.54 Å². The lowest BCUT2D eigenvalue weighted by Gasteiger charge is -2.34. The summed E-state index contributed by atoms with van der Waals surface area (Å²) < 4.78 is 5.45. The Kier molecular flexibility index (Phi) is 5.80. The molecule has 0 bridgehead atoms. The zero-order chi connectivity index (χ0) is 17.5. The van der Waals surface area contributed by atoms with Crippen LogP contribution in [-0.4, -0.2) is 53.5 Å². The summed E-state index contributed by atoms with van der Waals surface area (Å²) >= 11 is 0. The highest BCUT2D eigenvalue weighted by Crippen LogP contribution is 2.15. The van der Waals surface area contributed by atoms with Gasteiger partial charge in [0, 0.05) is 50.7 Å². The summed E-state index contributed by atoms with van der Waals surface area (Å²) in [6.45, 7) is 8.21. The molecule has 2 heterocycles. The molecule has 1 aliphatic rings. The van der Waals surface area contributed by atoms with Crippen molar-refractivity contribution in [1.82, 2.24) is 14.8 Å². The fourth-order valence-corrected chi connectivity index (χ4v) is 2.89. The van der Waals surface area contributed by atoms with E-state index in [1.54, 1.807) is 12.3 Å². The number of aromatic nitrogens is 1. The van der Waals surface area contributed by atoms with Gasteiger partial charge in [-0.2, -0.15) is 0 Å². The van der Waals surface area contributed by atoms with Gasteiger partial charge in [0.2, 0.25) is 0 Å². The average Bonchev–Trinajstić information content (AvgIpc) is 2.68. The molecule has 1 aromatic heterocycles. The van der Waals surface area contributed by atoms with Gasteiger partial charge in [0.15, 0.2) is 0 Å². The number of amides is 1. The van der Waals surface area contributed by atoms with Gasteiger partial charge in [-0.25, -0.2) is 0 Å². The van der Waals surface area contributed by atoms with Crippen molar-refractivity contribution in [2.45, 2.75) is 6.54 Å². The zero-order valence-electron chi connectivity index (χ0n) is 14.3. The van der Waals surface area contributed by atoms with Crippen molar-refractivity contribution >= 4 is 5.91 Å². The van der Waals surface area contributed by atoms with Crippen LogP contribution in [0.2, 0.25) is 0 Å². The minimum atomic E-state index is 0.0799. The second kappa shape index (κ2) is 8.44. The summed E-state index contributed by atoms with van der Waals surface area (Å²) in [5.74, 6) is 0.828. The van der Waals surface area contributed by atoms with Gasteiger partial charge in [0.1, 0.15) is 12.4 Å². The first-order valence-electron chi connectivity index (χ1n) is 8.50. The van der Waals surface area contributed by atoms with Crippen LogP contribution in [0.1, 0.15) is 15.9 Å². The molecule has 5 heteroatoms. The van der Waals surface area contributed by atoms with Gasteiger partial charge in [-0.3, -0.25) is 14.7 Å². The molecule has 0 unspecified atom stereocenters. The van der Waals surface area contributed by atoms with Crippen LogP contribution < -0.4 is 4.74 Å². The van der Waals surface area contributed by atoms with E-state index in [-0.39, 0.29) is 5.91 Å². The summed E-state index contributed by atoms with van der Waals surface area (Å²) in [5, 5.41) is 0. The maximum atomic E-state index is 12.6. The lowest BCUT2D eigenvalue weighted by molar-refractivity contribution is 0.0628. The maximum Gasteiger partial charge on any atom is 0.253 e. The molecule has 0 atom stereocenters. The van der Waals surface area contributed by atoms with Crippen LogP contribution in [0.15, 0.2) is 61.4 Å². The standard InChI is InChI=1S/C20H23N3O2/c1-2-14-25-19-7-5-18(6-8-19)20(24)23-12-10-22(11-13-23)16-17-4-3-9-21-15-17/h2-9,15H,1,10-14,16H2. The van der Waals surface area contributed by atoms with Gasteiger partial charge in [-0.05, 0) is 35.9 Å². The van der Waals surface area contributed by atoms with Crippen molar-refractivity contribution in [3.8, 4) is 5.75 Å². The topological polar surface area (TPSA) is 45.7 Å². The Labute approximate surface area is 148 Å². The predicted molar refractivity (Wildman–Crippen MR) is 97.6 cm³/mol. The quantitative estimate of drug-likeness (QED) is 0.760. The first-order chi connectivity index (χ1) is 12.3. The largest absolute Gasteiger partial charge is 0.490 e. The first-order valence-corrected chi connectivity index (χ1v) is 8.50. The number of ether oxygens (including phenoxy) is 1. The molecule has 1 aliphatic heterocycles. The number of piperazine rings is 1. The third-order valence-corrected chi connectivity index (χ3v) is 4.26. The van der Waals surface area contributed by atoms with Gasteiger partial charge in [-0.15, -0.1) is 0 Å². The summed E-state index contributed by atoms with van der Waals surface area (Å²) in [4.78, 5) is 21.1. The normalized spacial score (nSPS) is 15.0. The van der Waals surface area contributed by atoms with Crippen LogP contribution in [0.5, 0.6) is 5.75 Å². The molecule has 0 radical (unpaired) electrons. The fourth-order valence-electron chi connectivity index (χ4n) is 2.89. The van der Waals surface area contributed by atoms with E-state index in [1.807, 2.05) is 41.4 Å². The highest BCUT2D eigenvalue weighted by molar-refractivity contribution is 5.94. The second-order valence-corrected chi connectivity index (χ2v) is 6.05. The van der Waals surface area contributed by atoms with Crippen LogP contribution in [0.25, 0.3) is 0 Å². The number of carbonyl (C=O) groups excluding carboxylic acids is 1. The van der Waals surface area contributed by atoms with Crippen LogP contribution >= 0.6 is 0 Å². The van der Waals surface area contributed by atoms with Crippen LogP contribution in [0.3, 0.4) is 0 Å². The third-order valence-electron chi connectivity index (χ3n) is 4.26. The molecule has 1 fully saturated rings. The molecule has 2 aromatic rings. The number of benzene rings is 1. The van der Waals surface area contributed by atoms with Crippen molar-refractivity contribution in [2.75, 3.05) is 32.8 Å². The van der Waals surface area contributed by atoms with Crippen molar-refractivity contribution in [3.63, 3.8) is 0 Å². The minimum Gasteiger partial charge on any atom is -0.490 e. The molecule has 25 heavy (non-hydrogen) atoms. The first kappa shape index (κ1) is 17.2. The van der Waals surface area contributed by atoms with E-state index >= 15 is 0 Å². The maximum absolute atomic E-state index is 12.6. The highest BCUT2D eigenvalue weighted by Gasteiger charge is 2.22. The number of pyridine rings is 1. The van der Waals surface area contributed by atoms with Gasteiger partial charge in [0.25, 0.3) is 5.91 Å². The Morgan fingerprint density at radius 3 is 2.56 bits per heavy atom. The van der Waals surface area contributed by atoms with Gasteiger partial charge in [0.05, 0.1) is 0 Å². The van der Waals surface area contributed by atoms with Crippen molar-refractivity contribution in [1.29, 1.82) is 0 Å². The Morgan fingerprint density at radius 2 is 1.92 bits per heavy atom. The molecule has 1 amide bonds. The molecule has 3 rings (SSSR count). The summed E-state index contributed by atoms with van der Waals surface area (Å²) in [5.41, 5.74) is 1.91. The number of rotatable bonds is 6. The third kappa shape index (κ3) is 4.67. The molecule has 0 aliphatic carbocycles. The number of carbonyl (C=O) groups is 1. The number of hydrogen-bond acceptors (Lipinski definition) is 4. The van der Waals surface area contributed by atoms with Crippen molar-refractivity contribution in [3.05, 3.63) is 72.6 Å². The van der Waals surface area contributed by atoms with Crippen LogP contribution in [0.4, 0.5) is 0 Å². The average molecular weight is 337 g/mol. The molecule has 0 spiro atoms. The molecule has 0 N–H and O–H groups in total. The van der Waals surface area contributed by atoms with Gasteiger partial charge in [-0.1, -0.05) is 18.7 Å².